The van der Waals surface area contributed by atoms with Gasteiger partial charge in [0, 0.05) is 12.4 Å². The van der Waals surface area contributed by atoms with Crippen LogP contribution in [0.1, 0.15) is 24.6 Å². The zero-order valence-corrected chi connectivity index (χ0v) is 9.67. The molecule has 2 unspecified atom stereocenters. The van der Waals surface area contributed by atoms with Crippen molar-refractivity contribution >= 4 is 0 Å². The lowest BCUT2D eigenvalue weighted by atomic mass is 10.0. The molecular formula is C13H17N3. The van der Waals surface area contributed by atoms with Crippen molar-refractivity contribution in [3.8, 4) is 0 Å². The normalized spacial score (nSPS) is 14.6. The maximum Gasteiger partial charge on any atom is 0.0949 e. The molecule has 1 N–H and O–H groups in total. The molecule has 1 heterocycles. The fraction of sp³-hybridized carbons (Fsp3) is 0.308. The summed E-state index contributed by atoms with van der Waals surface area (Å²) in [7, 11) is 1.99. The van der Waals surface area contributed by atoms with Crippen LogP contribution in [0.25, 0.3) is 0 Å². The molecule has 0 fully saturated rings. The Morgan fingerprint density at radius 1 is 1.25 bits per heavy atom. The van der Waals surface area contributed by atoms with Crippen LogP contribution in [-0.4, -0.2) is 16.6 Å². The number of aromatic nitrogens is 2. The predicted octanol–water partition coefficient (Wildman–Crippen LogP) is 2.40. The highest BCUT2D eigenvalue weighted by Crippen LogP contribution is 2.24. The Labute approximate surface area is 96.1 Å². The van der Waals surface area contributed by atoms with Gasteiger partial charge in [0.05, 0.1) is 18.4 Å². The van der Waals surface area contributed by atoms with Crippen molar-refractivity contribution in [1.29, 1.82) is 0 Å². The Kier molecular flexibility index (Phi) is 3.37. The third kappa shape index (κ3) is 2.14. The zero-order valence-electron chi connectivity index (χ0n) is 9.67. The molecule has 3 heteroatoms. The van der Waals surface area contributed by atoms with Gasteiger partial charge in [0.15, 0.2) is 0 Å². The summed E-state index contributed by atoms with van der Waals surface area (Å²) in [5.41, 5.74) is 1.30. The molecule has 0 saturated heterocycles. The molecule has 0 radical (unpaired) electrons. The standard InChI is InChI=1S/C13H17N3/c1-11(16-9-8-15-10-16)13(14-2)12-6-4-3-5-7-12/h3-11,13-14H,1-2H3. The lowest BCUT2D eigenvalue weighted by molar-refractivity contribution is 0.401. The molecule has 2 aromatic rings. The van der Waals surface area contributed by atoms with Gasteiger partial charge in [0.1, 0.15) is 0 Å². The second kappa shape index (κ2) is 4.94. The first-order chi connectivity index (χ1) is 7.83. The molecule has 2 rings (SSSR count). The Balaban J connectivity index is 2.23. The number of benzene rings is 1. The average molecular weight is 215 g/mol. The van der Waals surface area contributed by atoms with E-state index in [0.29, 0.717) is 12.1 Å². The molecule has 0 spiro atoms. The topological polar surface area (TPSA) is 29.9 Å². The molecular weight excluding hydrogens is 198 g/mol. The van der Waals surface area contributed by atoms with Crippen molar-refractivity contribution in [3.63, 3.8) is 0 Å². The molecule has 1 aromatic heterocycles. The highest BCUT2D eigenvalue weighted by molar-refractivity contribution is 5.20. The Bertz CT molecular complexity index is 408. The van der Waals surface area contributed by atoms with Crippen LogP contribution >= 0.6 is 0 Å². The summed E-state index contributed by atoms with van der Waals surface area (Å²) in [6.45, 7) is 2.19. The first-order valence-electron chi connectivity index (χ1n) is 5.52. The largest absolute Gasteiger partial charge is 0.333 e. The number of hydrogen-bond donors (Lipinski definition) is 1. The first-order valence-corrected chi connectivity index (χ1v) is 5.52. The van der Waals surface area contributed by atoms with E-state index in [0.717, 1.165) is 0 Å². The van der Waals surface area contributed by atoms with E-state index in [2.05, 4.69) is 46.1 Å². The molecule has 2 atom stereocenters. The van der Waals surface area contributed by atoms with Crippen LogP contribution in [0.2, 0.25) is 0 Å². The minimum absolute atomic E-state index is 0.301. The first kappa shape index (κ1) is 10.9. The molecule has 0 saturated carbocycles. The lowest BCUT2D eigenvalue weighted by Crippen LogP contribution is -2.25. The number of likely N-dealkylation sites (N-methyl/N-ethyl adjacent to an activating group) is 1. The predicted molar refractivity (Wildman–Crippen MR) is 65.2 cm³/mol. The maximum absolute atomic E-state index is 4.09. The van der Waals surface area contributed by atoms with E-state index < -0.39 is 0 Å². The summed E-state index contributed by atoms with van der Waals surface area (Å²) < 4.78 is 2.12. The van der Waals surface area contributed by atoms with E-state index in [1.54, 1.807) is 0 Å². The van der Waals surface area contributed by atoms with Gasteiger partial charge in [-0.2, -0.15) is 0 Å². The monoisotopic (exact) mass is 215 g/mol. The van der Waals surface area contributed by atoms with E-state index >= 15 is 0 Å². The molecule has 16 heavy (non-hydrogen) atoms. The third-order valence-corrected chi connectivity index (χ3v) is 2.95. The minimum atomic E-state index is 0.301. The zero-order chi connectivity index (χ0) is 11.4. The Morgan fingerprint density at radius 3 is 2.56 bits per heavy atom. The molecule has 84 valence electrons. The van der Waals surface area contributed by atoms with Crippen molar-refractivity contribution < 1.29 is 0 Å². The molecule has 0 aliphatic rings. The molecule has 0 aliphatic heterocycles. The Hall–Kier alpha value is -1.61. The van der Waals surface area contributed by atoms with Gasteiger partial charge in [0.25, 0.3) is 0 Å². The number of imidazole rings is 1. The summed E-state index contributed by atoms with van der Waals surface area (Å²) in [5, 5.41) is 3.36. The minimum Gasteiger partial charge on any atom is -0.333 e. The summed E-state index contributed by atoms with van der Waals surface area (Å²) in [6.07, 6.45) is 5.67. The second-order valence-corrected chi connectivity index (χ2v) is 3.93. The van der Waals surface area contributed by atoms with Crippen LogP contribution < -0.4 is 5.32 Å². The summed E-state index contributed by atoms with van der Waals surface area (Å²) in [4.78, 5) is 4.09. The van der Waals surface area contributed by atoms with E-state index in [9.17, 15) is 0 Å². The van der Waals surface area contributed by atoms with Gasteiger partial charge in [-0.1, -0.05) is 30.3 Å². The quantitative estimate of drug-likeness (QED) is 0.848. The average Bonchev–Trinajstić information content (AvgIpc) is 2.85. The fourth-order valence-electron chi connectivity index (χ4n) is 2.03. The van der Waals surface area contributed by atoms with Crippen LogP contribution in [-0.2, 0) is 0 Å². The van der Waals surface area contributed by atoms with Gasteiger partial charge >= 0.3 is 0 Å². The number of hydrogen-bond acceptors (Lipinski definition) is 2. The Morgan fingerprint density at radius 2 is 2.00 bits per heavy atom. The van der Waals surface area contributed by atoms with Crippen molar-refractivity contribution in [2.24, 2.45) is 0 Å². The van der Waals surface area contributed by atoms with Crippen molar-refractivity contribution in [3.05, 3.63) is 54.6 Å². The highest BCUT2D eigenvalue weighted by atomic mass is 15.1. The molecule has 0 bridgehead atoms. The van der Waals surface area contributed by atoms with Gasteiger partial charge < -0.3 is 9.88 Å². The van der Waals surface area contributed by atoms with Crippen LogP contribution in [0.5, 0.6) is 0 Å². The van der Waals surface area contributed by atoms with Crippen LogP contribution in [0.3, 0.4) is 0 Å². The molecule has 3 nitrogen and oxygen atoms in total. The van der Waals surface area contributed by atoms with Gasteiger partial charge in [-0.05, 0) is 19.5 Å². The summed E-state index contributed by atoms with van der Waals surface area (Å²) in [6, 6.07) is 11.1. The number of nitrogens with one attached hydrogen (secondary N) is 1. The van der Waals surface area contributed by atoms with Gasteiger partial charge in [-0.3, -0.25) is 0 Å². The molecule has 0 amide bonds. The SMILES string of the molecule is CNC(c1ccccc1)C(C)n1ccnc1. The fourth-order valence-corrected chi connectivity index (χ4v) is 2.03. The van der Waals surface area contributed by atoms with Crippen LogP contribution in [0.4, 0.5) is 0 Å². The maximum atomic E-state index is 4.09. The molecule has 0 aliphatic carbocycles. The van der Waals surface area contributed by atoms with Gasteiger partial charge in [-0.25, -0.2) is 4.98 Å². The van der Waals surface area contributed by atoms with E-state index in [1.165, 1.54) is 5.56 Å². The van der Waals surface area contributed by atoms with E-state index in [-0.39, 0.29) is 0 Å². The lowest BCUT2D eigenvalue weighted by Gasteiger charge is -2.25. The van der Waals surface area contributed by atoms with E-state index in [1.807, 2.05) is 31.8 Å². The smallest absolute Gasteiger partial charge is 0.0949 e. The summed E-state index contributed by atoms with van der Waals surface area (Å²) in [5.74, 6) is 0. The number of rotatable bonds is 4. The number of nitrogens with zero attached hydrogens (tertiary/aromatic N) is 2. The van der Waals surface area contributed by atoms with Gasteiger partial charge in [-0.15, -0.1) is 0 Å². The van der Waals surface area contributed by atoms with Crippen molar-refractivity contribution in [1.82, 2.24) is 14.9 Å². The highest BCUT2D eigenvalue weighted by Gasteiger charge is 2.17. The van der Waals surface area contributed by atoms with Gasteiger partial charge in [0.2, 0.25) is 0 Å². The third-order valence-electron chi connectivity index (χ3n) is 2.95. The van der Waals surface area contributed by atoms with Crippen molar-refractivity contribution in [2.45, 2.75) is 19.0 Å². The second-order valence-electron chi connectivity index (χ2n) is 3.93. The summed E-state index contributed by atoms with van der Waals surface area (Å²) >= 11 is 0. The van der Waals surface area contributed by atoms with Crippen molar-refractivity contribution in [2.75, 3.05) is 7.05 Å². The van der Waals surface area contributed by atoms with Crippen LogP contribution in [0, 0.1) is 0 Å². The van der Waals surface area contributed by atoms with Crippen LogP contribution in [0.15, 0.2) is 49.1 Å². The molecule has 1 aromatic carbocycles. The van der Waals surface area contributed by atoms with E-state index in [4.69, 9.17) is 0 Å².